The first kappa shape index (κ1) is 11.0. The Morgan fingerprint density at radius 1 is 1.36 bits per heavy atom. The Labute approximate surface area is 84.7 Å². The lowest BCUT2D eigenvalue weighted by molar-refractivity contribution is 0.258. The van der Waals surface area contributed by atoms with Gasteiger partial charge in [0.1, 0.15) is 5.75 Å². The molecule has 3 heteroatoms. The van der Waals surface area contributed by atoms with E-state index in [0.29, 0.717) is 6.54 Å². The maximum Gasteiger partial charge on any atom is 0.126 e. The minimum absolute atomic E-state index is 0.0177. The van der Waals surface area contributed by atoms with Crippen molar-refractivity contribution in [2.24, 2.45) is 0 Å². The van der Waals surface area contributed by atoms with Crippen molar-refractivity contribution in [3.05, 3.63) is 28.8 Å². The first-order valence-electron chi connectivity index (χ1n) is 4.64. The van der Waals surface area contributed by atoms with Crippen LogP contribution in [-0.2, 0) is 6.54 Å². The lowest BCUT2D eigenvalue weighted by atomic mass is 10.1. The summed E-state index contributed by atoms with van der Waals surface area (Å²) in [7, 11) is 1.67. The highest BCUT2D eigenvalue weighted by atomic mass is 16.5. The zero-order valence-corrected chi connectivity index (χ0v) is 8.92. The van der Waals surface area contributed by atoms with Gasteiger partial charge in [0.2, 0.25) is 0 Å². The van der Waals surface area contributed by atoms with Crippen LogP contribution in [0.3, 0.4) is 0 Å². The van der Waals surface area contributed by atoms with Crippen LogP contribution in [0, 0.1) is 13.8 Å². The zero-order valence-electron chi connectivity index (χ0n) is 8.92. The summed E-state index contributed by atoms with van der Waals surface area (Å²) >= 11 is 0. The molecule has 78 valence electrons. The van der Waals surface area contributed by atoms with Gasteiger partial charge in [0.25, 0.3) is 0 Å². The molecule has 0 amide bonds. The van der Waals surface area contributed by atoms with Crippen LogP contribution in [0.15, 0.2) is 12.1 Å². The maximum absolute atomic E-state index is 8.68. The molecule has 1 aromatic carbocycles. The molecule has 14 heavy (non-hydrogen) atoms. The highest BCUT2D eigenvalue weighted by Crippen LogP contribution is 2.24. The van der Waals surface area contributed by atoms with Gasteiger partial charge in [0.15, 0.2) is 0 Å². The second-order valence-corrected chi connectivity index (χ2v) is 3.36. The molecule has 0 bridgehead atoms. The Bertz CT molecular complexity index is 310. The van der Waals surface area contributed by atoms with Gasteiger partial charge in [0.05, 0.1) is 13.8 Å². The molecule has 1 rings (SSSR count). The van der Waals surface area contributed by atoms with Crippen molar-refractivity contribution in [2.75, 3.05) is 13.8 Å². The summed E-state index contributed by atoms with van der Waals surface area (Å²) in [6.07, 6.45) is 0. The molecule has 0 aliphatic carbocycles. The van der Waals surface area contributed by atoms with Gasteiger partial charge in [-0.1, -0.05) is 17.7 Å². The number of benzene rings is 1. The number of aliphatic hydroxyl groups excluding tert-OH is 1. The predicted molar refractivity (Wildman–Crippen MR) is 56.4 cm³/mol. The average molecular weight is 195 g/mol. The van der Waals surface area contributed by atoms with E-state index in [0.717, 1.165) is 16.9 Å². The number of rotatable bonds is 4. The van der Waals surface area contributed by atoms with E-state index >= 15 is 0 Å². The third kappa shape index (κ3) is 2.47. The molecular weight excluding hydrogens is 178 g/mol. The lowest BCUT2D eigenvalue weighted by Crippen LogP contribution is -2.14. The summed E-state index contributed by atoms with van der Waals surface area (Å²) in [6.45, 7) is 4.68. The van der Waals surface area contributed by atoms with Crippen LogP contribution in [-0.4, -0.2) is 18.9 Å². The molecule has 0 aliphatic rings. The monoisotopic (exact) mass is 195 g/mol. The molecule has 1 aromatic rings. The molecule has 2 N–H and O–H groups in total. The normalized spacial score (nSPS) is 10.3. The van der Waals surface area contributed by atoms with E-state index in [9.17, 15) is 0 Å². The summed E-state index contributed by atoms with van der Waals surface area (Å²) in [5.41, 5.74) is 3.42. The van der Waals surface area contributed by atoms with Crippen molar-refractivity contribution in [2.45, 2.75) is 20.4 Å². The lowest BCUT2D eigenvalue weighted by Gasteiger charge is -2.12. The number of methoxy groups -OCH3 is 1. The fraction of sp³-hybridized carbons (Fsp3) is 0.455. The van der Waals surface area contributed by atoms with Crippen molar-refractivity contribution >= 4 is 0 Å². The van der Waals surface area contributed by atoms with E-state index in [1.54, 1.807) is 7.11 Å². The first-order valence-corrected chi connectivity index (χ1v) is 4.64. The molecule has 0 aromatic heterocycles. The van der Waals surface area contributed by atoms with E-state index in [-0.39, 0.29) is 6.73 Å². The zero-order chi connectivity index (χ0) is 10.6. The number of aryl methyl sites for hydroxylation is 2. The average Bonchev–Trinajstić information content (AvgIpc) is 2.14. The van der Waals surface area contributed by atoms with Crippen LogP contribution in [0.5, 0.6) is 5.75 Å². The summed E-state index contributed by atoms with van der Waals surface area (Å²) < 4.78 is 5.31. The molecule has 0 fully saturated rings. The second-order valence-electron chi connectivity index (χ2n) is 3.36. The fourth-order valence-corrected chi connectivity index (χ4v) is 1.66. The number of hydrogen-bond donors (Lipinski definition) is 2. The molecule has 0 unspecified atom stereocenters. The summed E-state index contributed by atoms with van der Waals surface area (Å²) in [4.78, 5) is 0. The van der Waals surface area contributed by atoms with E-state index in [1.165, 1.54) is 5.56 Å². The van der Waals surface area contributed by atoms with Crippen molar-refractivity contribution in [1.29, 1.82) is 0 Å². The molecule has 0 saturated heterocycles. The van der Waals surface area contributed by atoms with E-state index in [4.69, 9.17) is 9.84 Å². The van der Waals surface area contributed by atoms with Crippen LogP contribution in [0.2, 0.25) is 0 Å². The summed E-state index contributed by atoms with van der Waals surface area (Å²) in [6, 6.07) is 4.15. The van der Waals surface area contributed by atoms with Gasteiger partial charge in [-0.2, -0.15) is 0 Å². The van der Waals surface area contributed by atoms with Crippen molar-refractivity contribution in [1.82, 2.24) is 5.32 Å². The fourth-order valence-electron chi connectivity index (χ4n) is 1.66. The first-order chi connectivity index (χ1) is 6.69. The molecule has 0 aliphatic heterocycles. The molecule has 0 spiro atoms. The molecular formula is C11H17NO2. The summed E-state index contributed by atoms with van der Waals surface area (Å²) in [5.74, 6) is 0.900. The number of ether oxygens (including phenoxy) is 1. The van der Waals surface area contributed by atoms with E-state index in [1.807, 2.05) is 6.92 Å². The highest BCUT2D eigenvalue weighted by molar-refractivity contribution is 5.43. The standard InChI is InChI=1S/C11H17NO2/c1-8-4-9(2)11(14-3)10(5-8)6-12-7-13/h4-5,12-13H,6-7H2,1-3H3. The van der Waals surface area contributed by atoms with Gasteiger partial charge >= 0.3 is 0 Å². The van der Waals surface area contributed by atoms with Gasteiger partial charge in [0, 0.05) is 12.1 Å². The Balaban J connectivity index is 2.99. The van der Waals surface area contributed by atoms with Crippen LogP contribution < -0.4 is 10.1 Å². The van der Waals surface area contributed by atoms with Gasteiger partial charge in [-0.15, -0.1) is 0 Å². The van der Waals surface area contributed by atoms with Gasteiger partial charge in [-0.25, -0.2) is 0 Å². The van der Waals surface area contributed by atoms with Crippen molar-refractivity contribution < 1.29 is 9.84 Å². The molecule has 3 nitrogen and oxygen atoms in total. The SMILES string of the molecule is COc1c(C)cc(C)cc1CNCO. The van der Waals surface area contributed by atoms with Crippen molar-refractivity contribution in [3.63, 3.8) is 0 Å². The molecule has 0 radical (unpaired) electrons. The van der Waals surface area contributed by atoms with E-state index < -0.39 is 0 Å². The largest absolute Gasteiger partial charge is 0.496 e. The quantitative estimate of drug-likeness (QED) is 0.713. The Morgan fingerprint density at radius 2 is 2.07 bits per heavy atom. The molecule has 0 saturated carbocycles. The Hall–Kier alpha value is -1.06. The van der Waals surface area contributed by atoms with Crippen molar-refractivity contribution in [3.8, 4) is 5.75 Å². The van der Waals surface area contributed by atoms with Crippen LogP contribution >= 0.6 is 0 Å². The van der Waals surface area contributed by atoms with Gasteiger partial charge in [-0.3, -0.25) is 5.32 Å². The number of hydrogen-bond acceptors (Lipinski definition) is 3. The minimum Gasteiger partial charge on any atom is -0.496 e. The number of aliphatic hydroxyl groups is 1. The predicted octanol–water partition coefficient (Wildman–Crippen LogP) is 1.35. The van der Waals surface area contributed by atoms with Crippen LogP contribution in [0.1, 0.15) is 16.7 Å². The highest BCUT2D eigenvalue weighted by Gasteiger charge is 2.06. The molecule has 0 heterocycles. The Morgan fingerprint density at radius 3 is 2.64 bits per heavy atom. The summed E-state index contributed by atoms with van der Waals surface area (Å²) in [5, 5.41) is 11.5. The van der Waals surface area contributed by atoms with E-state index in [2.05, 4.69) is 24.4 Å². The number of nitrogens with one attached hydrogen (secondary N) is 1. The third-order valence-electron chi connectivity index (χ3n) is 2.13. The van der Waals surface area contributed by atoms with Crippen LogP contribution in [0.25, 0.3) is 0 Å². The third-order valence-corrected chi connectivity index (χ3v) is 2.13. The maximum atomic E-state index is 8.68. The molecule has 0 atom stereocenters. The van der Waals surface area contributed by atoms with Gasteiger partial charge < -0.3 is 9.84 Å². The second kappa shape index (κ2) is 4.98. The minimum atomic E-state index is -0.0177. The smallest absolute Gasteiger partial charge is 0.126 e. The van der Waals surface area contributed by atoms with Crippen LogP contribution in [0.4, 0.5) is 0 Å². The van der Waals surface area contributed by atoms with Gasteiger partial charge in [-0.05, 0) is 19.4 Å². The Kier molecular flexibility index (Phi) is 3.92. The topological polar surface area (TPSA) is 41.5 Å².